The van der Waals surface area contributed by atoms with E-state index in [2.05, 4.69) is 26.0 Å². The lowest BCUT2D eigenvalue weighted by atomic mass is 10.2. The Labute approximate surface area is 162 Å². The number of aromatic amines is 1. The summed E-state index contributed by atoms with van der Waals surface area (Å²) in [4.78, 5) is 28.2. The number of nitrogens with zero attached hydrogens (tertiary/aromatic N) is 6. The zero-order valence-corrected chi connectivity index (χ0v) is 14.9. The SMILES string of the molecule is N#Cc1ccc2ncn(-c3ncc4[nH]c(=O)n(Cc5ccccc5F)c4n3)c2c1. The summed E-state index contributed by atoms with van der Waals surface area (Å²) < 4.78 is 17.1. The topological polar surface area (TPSA) is 105 Å². The molecule has 140 valence electrons. The summed E-state index contributed by atoms with van der Waals surface area (Å²) in [6, 6.07) is 13.5. The zero-order chi connectivity index (χ0) is 20.0. The Kier molecular flexibility index (Phi) is 3.70. The molecule has 29 heavy (non-hydrogen) atoms. The molecule has 0 atom stereocenters. The van der Waals surface area contributed by atoms with Crippen LogP contribution in [0.1, 0.15) is 11.1 Å². The standard InChI is InChI=1S/C20H12FN7O/c21-14-4-2-1-3-13(14)10-27-18-16(25-20(27)29)9-23-19(26-18)28-11-24-15-6-5-12(8-22)7-17(15)28/h1-7,9,11H,10H2,(H,25,29). The minimum absolute atomic E-state index is 0.0330. The fourth-order valence-corrected chi connectivity index (χ4v) is 3.23. The Hall–Kier alpha value is -4.32. The van der Waals surface area contributed by atoms with E-state index in [0.717, 1.165) is 0 Å². The number of H-pyrrole nitrogens is 1. The number of rotatable bonds is 3. The van der Waals surface area contributed by atoms with Crippen molar-refractivity contribution in [3.63, 3.8) is 0 Å². The van der Waals surface area contributed by atoms with Gasteiger partial charge in [0.05, 0.1) is 35.4 Å². The van der Waals surface area contributed by atoms with E-state index in [-0.39, 0.29) is 12.5 Å². The number of nitriles is 1. The zero-order valence-electron chi connectivity index (χ0n) is 14.9. The highest BCUT2D eigenvalue weighted by Crippen LogP contribution is 2.19. The maximum absolute atomic E-state index is 14.1. The number of hydrogen-bond donors (Lipinski definition) is 1. The number of halogens is 1. The summed E-state index contributed by atoms with van der Waals surface area (Å²) in [6.07, 6.45) is 3.05. The molecule has 5 aromatic rings. The minimum Gasteiger partial charge on any atom is -0.303 e. The van der Waals surface area contributed by atoms with Crippen molar-refractivity contribution in [3.8, 4) is 12.0 Å². The van der Waals surface area contributed by atoms with Crippen LogP contribution in [0.15, 0.2) is 59.8 Å². The molecule has 9 heteroatoms. The van der Waals surface area contributed by atoms with E-state index < -0.39 is 11.5 Å². The lowest BCUT2D eigenvalue weighted by Gasteiger charge is -2.06. The smallest absolute Gasteiger partial charge is 0.303 e. The van der Waals surface area contributed by atoms with E-state index in [4.69, 9.17) is 5.26 Å². The van der Waals surface area contributed by atoms with Gasteiger partial charge in [-0.15, -0.1) is 0 Å². The van der Waals surface area contributed by atoms with Gasteiger partial charge in [0, 0.05) is 5.56 Å². The highest BCUT2D eigenvalue weighted by atomic mass is 19.1. The Morgan fingerprint density at radius 2 is 2.03 bits per heavy atom. The van der Waals surface area contributed by atoms with Gasteiger partial charge in [-0.1, -0.05) is 18.2 Å². The molecule has 0 aliphatic heterocycles. The molecule has 0 aliphatic rings. The lowest BCUT2D eigenvalue weighted by Crippen LogP contribution is -2.18. The molecule has 0 saturated heterocycles. The first-order chi connectivity index (χ1) is 14.1. The largest absolute Gasteiger partial charge is 0.328 e. The molecule has 0 bridgehead atoms. The quantitative estimate of drug-likeness (QED) is 0.514. The number of nitrogens with one attached hydrogen (secondary N) is 1. The summed E-state index contributed by atoms with van der Waals surface area (Å²) in [7, 11) is 0. The molecule has 1 N–H and O–H groups in total. The number of fused-ring (bicyclic) bond motifs is 2. The molecule has 8 nitrogen and oxygen atoms in total. The predicted octanol–water partition coefficient (Wildman–Crippen LogP) is 2.52. The van der Waals surface area contributed by atoms with E-state index in [1.165, 1.54) is 16.8 Å². The normalized spacial score (nSPS) is 11.2. The predicted molar refractivity (Wildman–Crippen MR) is 103 cm³/mol. The van der Waals surface area contributed by atoms with Gasteiger partial charge in [0.2, 0.25) is 5.95 Å². The van der Waals surface area contributed by atoms with Gasteiger partial charge in [-0.2, -0.15) is 10.2 Å². The summed E-state index contributed by atoms with van der Waals surface area (Å²) in [5.41, 5.74) is 2.60. The molecule has 0 aliphatic carbocycles. The average Bonchev–Trinajstić information content (AvgIpc) is 3.29. The summed E-state index contributed by atoms with van der Waals surface area (Å²) in [5.74, 6) is -0.107. The third-order valence-electron chi connectivity index (χ3n) is 4.68. The van der Waals surface area contributed by atoms with Crippen LogP contribution in [0.2, 0.25) is 0 Å². The number of aromatic nitrogens is 6. The van der Waals surface area contributed by atoms with E-state index in [0.29, 0.717) is 33.3 Å². The van der Waals surface area contributed by atoms with Gasteiger partial charge in [0.15, 0.2) is 5.65 Å². The van der Waals surface area contributed by atoms with Crippen molar-refractivity contribution in [3.05, 3.63) is 82.4 Å². The van der Waals surface area contributed by atoms with Crippen molar-refractivity contribution in [2.45, 2.75) is 6.54 Å². The van der Waals surface area contributed by atoms with Crippen molar-refractivity contribution in [2.24, 2.45) is 0 Å². The highest BCUT2D eigenvalue weighted by molar-refractivity contribution is 5.79. The van der Waals surface area contributed by atoms with Crippen molar-refractivity contribution in [1.82, 2.24) is 29.1 Å². The molecule has 5 rings (SSSR count). The molecule has 3 aromatic heterocycles. The van der Waals surface area contributed by atoms with Gasteiger partial charge in [-0.25, -0.2) is 19.2 Å². The first-order valence-electron chi connectivity index (χ1n) is 8.70. The van der Waals surface area contributed by atoms with Crippen molar-refractivity contribution in [1.29, 1.82) is 5.26 Å². The van der Waals surface area contributed by atoms with Crippen LogP contribution in [0.4, 0.5) is 4.39 Å². The molecular formula is C20H12FN7O. The fourth-order valence-electron chi connectivity index (χ4n) is 3.23. The first-order valence-corrected chi connectivity index (χ1v) is 8.70. The van der Waals surface area contributed by atoms with Gasteiger partial charge in [-0.3, -0.25) is 9.13 Å². The molecule has 0 fully saturated rings. The molecule has 3 heterocycles. The monoisotopic (exact) mass is 385 g/mol. The maximum Gasteiger partial charge on any atom is 0.328 e. The van der Waals surface area contributed by atoms with E-state index in [1.54, 1.807) is 47.3 Å². The maximum atomic E-state index is 14.1. The molecule has 0 spiro atoms. The van der Waals surface area contributed by atoms with Crippen molar-refractivity contribution >= 4 is 22.2 Å². The van der Waals surface area contributed by atoms with Gasteiger partial charge in [0.1, 0.15) is 17.7 Å². The molecule has 0 radical (unpaired) electrons. The first kappa shape index (κ1) is 16.8. The third kappa shape index (κ3) is 2.74. The number of imidazole rings is 2. The molecule has 0 amide bonds. The molecule has 2 aromatic carbocycles. The van der Waals surface area contributed by atoms with Gasteiger partial charge in [-0.05, 0) is 24.3 Å². The lowest BCUT2D eigenvalue weighted by molar-refractivity contribution is 0.598. The Morgan fingerprint density at radius 1 is 1.17 bits per heavy atom. The van der Waals surface area contributed by atoms with E-state index >= 15 is 0 Å². The second kappa shape index (κ2) is 6.38. The van der Waals surface area contributed by atoms with Gasteiger partial charge in [0.25, 0.3) is 0 Å². The Bertz CT molecular complexity index is 1490. The van der Waals surface area contributed by atoms with Crippen LogP contribution in [0, 0.1) is 17.1 Å². The number of benzene rings is 2. The van der Waals surface area contributed by atoms with Crippen LogP contribution in [0.5, 0.6) is 0 Å². The minimum atomic E-state index is -0.406. The van der Waals surface area contributed by atoms with Crippen molar-refractivity contribution in [2.75, 3.05) is 0 Å². The summed E-state index contributed by atoms with van der Waals surface area (Å²) in [5, 5.41) is 9.16. The van der Waals surface area contributed by atoms with E-state index in [9.17, 15) is 9.18 Å². The molecular weight excluding hydrogens is 373 g/mol. The van der Waals surface area contributed by atoms with Crippen LogP contribution < -0.4 is 5.69 Å². The molecule has 0 saturated carbocycles. The third-order valence-corrected chi connectivity index (χ3v) is 4.68. The van der Waals surface area contributed by atoms with Crippen LogP contribution in [-0.4, -0.2) is 29.1 Å². The highest BCUT2D eigenvalue weighted by Gasteiger charge is 2.14. The summed E-state index contributed by atoms with van der Waals surface area (Å²) >= 11 is 0. The van der Waals surface area contributed by atoms with Gasteiger partial charge < -0.3 is 4.98 Å². The second-order valence-electron chi connectivity index (χ2n) is 6.44. The van der Waals surface area contributed by atoms with Gasteiger partial charge >= 0.3 is 5.69 Å². The molecule has 0 unspecified atom stereocenters. The van der Waals surface area contributed by atoms with Crippen molar-refractivity contribution < 1.29 is 4.39 Å². The van der Waals surface area contributed by atoms with E-state index in [1.807, 2.05) is 0 Å². The average molecular weight is 385 g/mol. The summed E-state index contributed by atoms with van der Waals surface area (Å²) in [6.45, 7) is 0.0330. The van der Waals surface area contributed by atoms with Crippen LogP contribution in [0.25, 0.3) is 28.1 Å². The Balaban J connectivity index is 1.67. The Morgan fingerprint density at radius 3 is 2.86 bits per heavy atom. The van der Waals surface area contributed by atoms with Crippen LogP contribution in [-0.2, 0) is 6.54 Å². The fraction of sp³-hybridized carbons (Fsp3) is 0.0500. The van der Waals surface area contributed by atoms with Crippen LogP contribution in [0.3, 0.4) is 0 Å². The number of hydrogen-bond acceptors (Lipinski definition) is 5. The second-order valence-corrected chi connectivity index (χ2v) is 6.44. The van der Waals surface area contributed by atoms with Crippen LogP contribution >= 0.6 is 0 Å².